The lowest BCUT2D eigenvalue weighted by Gasteiger charge is -2.17. The number of likely N-dealkylation sites (N-methyl/N-ethyl adjacent to an activating group) is 1. The van der Waals surface area contributed by atoms with Gasteiger partial charge < -0.3 is 5.73 Å². The zero-order valence-electron chi connectivity index (χ0n) is 9.93. The summed E-state index contributed by atoms with van der Waals surface area (Å²) >= 11 is 1.29. The standard InChI is InChI=1S/C11H18N2O2S2/c1-3-9-13(4-2)17(14,15)11-6-5-10(16-11)7-8-12/h3,5-6H,1,4,7-9,12H2,2H3. The first kappa shape index (κ1) is 14.4. The molecule has 0 aliphatic carbocycles. The van der Waals surface area contributed by atoms with Crippen LogP contribution in [0.5, 0.6) is 0 Å². The molecule has 0 atom stereocenters. The smallest absolute Gasteiger partial charge is 0.252 e. The Balaban J connectivity index is 2.98. The van der Waals surface area contributed by atoms with E-state index >= 15 is 0 Å². The average molecular weight is 274 g/mol. The SMILES string of the molecule is C=CCN(CC)S(=O)(=O)c1ccc(CCN)s1. The van der Waals surface area contributed by atoms with Crippen molar-refractivity contribution >= 4 is 21.4 Å². The van der Waals surface area contributed by atoms with Gasteiger partial charge in [-0.05, 0) is 25.1 Å². The van der Waals surface area contributed by atoms with Gasteiger partial charge in [-0.15, -0.1) is 17.9 Å². The molecule has 0 spiro atoms. The molecule has 1 rings (SSSR count). The summed E-state index contributed by atoms with van der Waals surface area (Å²) in [6.45, 7) is 6.70. The minimum absolute atomic E-state index is 0.336. The Morgan fingerprint density at radius 3 is 2.76 bits per heavy atom. The molecule has 96 valence electrons. The van der Waals surface area contributed by atoms with Crippen molar-refractivity contribution in [2.24, 2.45) is 5.73 Å². The van der Waals surface area contributed by atoms with Gasteiger partial charge in [-0.3, -0.25) is 0 Å². The molecule has 6 heteroatoms. The summed E-state index contributed by atoms with van der Waals surface area (Å²) < 4.78 is 26.2. The Morgan fingerprint density at radius 2 is 2.24 bits per heavy atom. The van der Waals surface area contributed by atoms with E-state index in [0.29, 0.717) is 30.3 Å². The van der Waals surface area contributed by atoms with E-state index in [4.69, 9.17) is 5.73 Å². The number of nitrogens with two attached hydrogens (primary N) is 1. The third kappa shape index (κ3) is 3.38. The van der Waals surface area contributed by atoms with Gasteiger partial charge in [0.15, 0.2) is 0 Å². The molecule has 0 bridgehead atoms. The maximum absolute atomic E-state index is 12.2. The summed E-state index contributed by atoms with van der Waals surface area (Å²) in [6.07, 6.45) is 2.31. The van der Waals surface area contributed by atoms with Crippen molar-refractivity contribution in [1.29, 1.82) is 0 Å². The van der Waals surface area contributed by atoms with Gasteiger partial charge in [-0.1, -0.05) is 13.0 Å². The van der Waals surface area contributed by atoms with Gasteiger partial charge in [0.2, 0.25) is 0 Å². The Bertz CT molecular complexity index is 466. The van der Waals surface area contributed by atoms with Crippen molar-refractivity contribution in [3.63, 3.8) is 0 Å². The van der Waals surface area contributed by atoms with Crippen molar-refractivity contribution in [3.8, 4) is 0 Å². The maximum Gasteiger partial charge on any atom is 0.252 e. The van der Waals surface area contributed by atoms with Crippen LogP contribution in [0.2, 0.25) is 0 Å². The number of thiophene rings is 1. The van der Waals surface area contributed by atoms with Gasteiger partial charge in [0, 0.05) is 18.0 Å². The second kappa shape index (κ2) is 6.30. The number of nitrogens with zero attached hydrogens (tertiary/aromatic N) is 1. The minimum Gasteiger partial charge on any atom is -0.330 e. The fraction of sp³-hybridized carbons (Fsp3) is 0.455. The van der Waals surface area contributed by atoms with Crippen LogP contribution >= 0.6 is 11.3 Å². The zero-order valence-corrected chi connectivity index (χ0v) is 11.6. The van der Waals surface area contributed by atoms with E-state index in [2.05, 4.69) is 6.58 Å². The molecule has 2 N–H and O–H groups in total. The molecular weight excluding hydrogens is 256 g/mol. The van der Waals surface area contributed by atoms with E-state index in [1.807, 2.05) is 13.0 Å². The fourth-order valence-corrected chi connectivity index (χ4v) is 4.39. The summed E-state index contributed by atoms with van der Waals surface area (Å²) in [5.74, 6) is 0. The third-order valence-electron chi connectivity index (χ3n) is 2.31. The molecular formula is C11H18N2O2S2. The molecule has 17 heavy (non-hydrogen) atoms. The van der Waals surface area contributed by atoms with Crippen LogP contribution in [0.3, 0.4) is 0 Å². The van der Waals surface area contributed by atoms with E-state index in [1.165, 1.54) is 15.6 Å². The Hall–Kier alpha value is -0.690. The van der Waals surface area contributed by atoms with E-state index in [1.54, 1.807) is 12.1 Å². The Morgan fingerprint density at radius 1 is 1.53 bits per heavy atom. The second-order valence-corrected chi connectivity index (χ2v) is 6.84. The van der Waals surface area contributed by atoms with Crippen LogP contribution in [-0.2, 0) is 16.4 Å². The molecule has 0 aliphatic heterocycles. The van der Waals surface area contributed by atoms with Crippen LogP contribution in [0.4, 0.5) is 0 Å². The van der Waals surface area contributed by atoms with Crippen molar-refractivity contribution in [2.45, 2.75) is 17.6 Å². The van der Waals surface area contributed by atoms with E-state index < -0.39 is 10.0 Å². The van der Waals surface area contributed by atoms with Gasteiger partial charge in [-0.25, -0.2) is 8.42 Å². The molecule has 1 aromatic heterocycles. The highest BCUT2D eigenvalue weighted by Gasteiger charge is 2.23. The monoisotopic (exact) mass is 274 g/mol. The largest absolute Gasteiger partial charge is 0.330 e. The van der Waals surface area contributed by atoms with Crippen molar-refractivity contribution in [3.05, 3.63) is 29.7 Å². The molecule has 1 aromatic rings. The minimum atomic E-state index is -3.37. The predicted molar refractivity (Wildman–Crippen MR) is 71.7 cm³/mol. The lowest BCUT2D eigenvalue weighted by Crippen LogP contribution is -2.30. The molecule has 4 nitrogen and oxygen atoms in total. The summed E-state index contributed by atoms with van der Waals surface area (Å²) in [6, 6.07) is 3.48. The first-order valence-corrected chi connectivity index (χ1v) is 7.71. The molecule has 0 aliphatic rings. The molecule has 0 radical (unpaired) electrons. The first-order valence-electron chi connectivity index (χ1n) is 5.46. The average Bonchev–Trinajstić information content (AvgIpc) is 2.75. The Labute approximate surface area is 107 Å². The van der Waals surface area contributed by atoms with Crippen LogP contribution in [0.25, 0.3) is 0 Å². The van der Waals surface area contributed by atoms with E-state index in [0.717, 1.165) is 4.88 Å². The van der Waals surface area contributed by atoms with Gasteiger partial charge in [0.05, 0.1) is 0 Å². The molecule has 0 saturated heterocycles. The summed E-state index contributed by atoms with van der Waals surface area (Å²) in [5, 5.41) is 0. The van der Waals surface area contributed by atoms with Gasteiger partial charge in [0.25, 0.3) is 10.0 Å². The van der Waals surface area contributed by atoms with E-state index in [9.17, 15) is 8.42 Å². The van der Waals surface area contributed by atoms with E-state index in [-0.39, 0.29) is 0 Å². The van der Waals surface area contributed by atoms with Crippen LogP contribution in [-0.4, -0.2) is 32.4 Å². The van der Waals surface area contributed by atoms with Crippen molar-refractivity contribution < 1.29 is 8.42 Å². The molecule has 0 fully saturated rings. The Kier molecular flexibility index (Phi) is 5.32. The fourth-order valence-electron chi connectivity index (χ4n) is 1.44. The maximum atomic E-state index is 12.2. The molecule has 0 saturated carbocycles. The first-order chi connectivity index (χ1) is 8.06. The number of rotatable bonds is 7. The van der Waals surface area contributed by atoms with Gasteiger partial charge >= 0.3 is 0 Å². The highest BCUT2D eigenvalue weighted by atomic mass is 32.2. The molecule has 0 amide bonds. The van der Waals surface area contributed by atoms with Crippen LogP contribution in [0, 0.1) is 0 Å². The lowest BCUT2D eigenvalue weighted by atomic mass is 10.3. The van der Waals surface area contributed by atoms with Crippen molar-refractivity contribution in [1.82, 2.24) is 4.31 Å². The summed E-state index contributed by atoms with van der Waals surface area (Å²) in [5.41, 5.74) is 5.45. The highest BCUT2D eigenvalue weighted by molar-refractivity contribution is 7.91. The molecule has 0 aromatic carbocycles. The van der Waals surface area contributed by atoms with Gasteiger partial charge in [0.1, 0.15) is 4.21 Å². The number of hydrogen-bond donors (Lipinski definition) is 1. The summed E-state index contributed by atoms with van der Waals surface area (Å²) in [7, 11) is -3.37. The van der Waals surface area contributed by atoms with Crippen LogP contribution in [0.1, 0.15) is 11.8 Å². The van der Waals surface area contributed by atoms with Crippen LogP contribution < -0.4 is 5.73 Å². The number of hydrogen-bond acceptors (Lipinski definition) is 4. The van der Waals surface area contributed by atoms with Crippen molar-refractivity contribution in [2.75, 3.05) is 19.6 Å². The highest BCUT2D eigenvalue weighted by Crippen LogP contribution is 2.25. The number of sulfonamides is 1. The van der Waals surface area contributed by atoms with Gasteiger partial charge in [-0.2, -0.15) is 4.31 Å². The van der Waals surface area contributed by atoms with Crippen LogP contribution in [0.15, 0.2) is 29.0 Å². The predicted octanol–water partition coefficient (Wildman–Crippen LogP) is 1.45. The zero-order chi connectivity index (χ0) is 12.9. The summed E-state index contributed by atoms with van der Waals surface area (Å²) in [4.78, 5) is 1.00. The lowest BCUT2D eigenvalue weighted by molar-refractivity contribution is 0.461. The molecule has 0 unspecified atom stereocenters. The quantitative estimate of drug-likeness (QED) is 0.765. The normalized spacial score (nSPS) is 11.9. The third-order valence-corrected chi connectivity index (χ3v) is 5.86. The topological polar surface area (TPSA) is 63.4 Å². The second-order valence-electron chi connectivity index (χ2n) is 3.50. The molecule has 1 heterocycles.